The van der Waals surface area contributed by atoms with Gasteiger partial charge in [0.05, 0.1) is 13.7 Å². The number of methoxy groups -OCH3 is 1. The van der Waals surface area contributed by atoms with Gasteiger partial charge in [-0.25, -0.2) is 9.97 Å². The lowest BCUT2D eigenvalue weighted by molar-refractivity contribution is 0.310. The molecule has 0 amide bonds. The summed E-state index contributed by atoms with van der Waals surface area (Å²) in [6, 6.07) is 9.81. The lowest BCUT2D eigenvalue weighted by Crippen LogP contribution is -2.19. The van der Waals surface area contributed by atoms with E-state index in [0.29, 0.717) is 12.4 Å². The molecule has 0 aliphatic carbocycles. The first-order valence-electron chi connectivity index (χ1n) is 6.48. The molecule has 0 radical (unpaired) electrons. The van der Waals surface area contributed by atoms with Crippen molar-refractivity contribution < 1.29 is 4.74 Å². The highest BCUT2D eigenvalue weighted by atomic mass is 16.5. The summed E-state index contributed by atoms with van der Waals surface area (Å²) in [5, 5.41) is 0. The maximum Gasteiger partial charge on any atom is 0.144 e. The van der Waals surface area contributed by atoms with Crippen molar-refractivity contribution >= 4 is 5.82 Å². The number of hydrogen-bond acceptors (Lipinski definition) is 5. The van der Waals surface area contributed by atoms with Crippen LogP contribution >= 0.6 is 0 Å². The number of ether oxygens (including phenoxy) is 1. The molecule has 5 nitrogen and oxygen atoms in total. The quantitative estimate of drug-likeness (QED) is 0.902. The zero-order valence-electron chi connectivity index (χ0n) is 12.1. The normalized spacial score (nSPS) is 10.8. The number of aromatic nitrogens is 2. The van der Waals surface area contributed by atoms with Gasteiger partial charge >= 0.3 is 0 Å². The van der Waals surface area contributed by atoms with Gasteiger partial charge in [0, 0.05) is 18.3 Å². The Morgan fingerprint density at radius 2 is 1.85 bits per heavy atom. The molecule has 2 rings (SSSR count). The van der Waals surface area contributed by atoms with E-state index in [1.165, 1.54) is 5.56 Å². The SMILES string of the molecule is COc1ccc(CN(C)Cc2nc(C)cc(N)n2)cc1. The molecule has 0 aliphatic heterocycles. The van der Waals surface area contributed by atoms with E-state index in [9.17, 15) is 0 Å². The van der Waals surface area contributed by atoms with Gasteiger partial charge in [0.25, 0.3) is 0 Å². The predicted octanol–water partition coefficient (Wildman–Crippen LogP) is 2.01. The number of aryl methyl sites for hydroxylation is 1. The second-order valence-corrected chi connectivity index (χ2v) is 4.87. The number of nitrogens with two attached hydrogens (primary N) is 1. The molecule has 0 bridgehead atoms. The predicted molar refractivity (Wildman–Crippen MR) is 79.3 cm³/mol. The Morgan fingerprint density at radius 1 is 1.15 bits per heavy atom. The van der Waals surface area contributed by atoms with Crippen LogP contribution in [-0.2, 0) is 13.1 Å². The van der Waals surface area contributed by atoms with Crippen LogP contribution in [0.15, 0.2) is 30.3 Å². The highest BCUT2D eigenvalue weighted by Gasteiger charge is 2.06. The molecule has 0 unspecified atom stereocenters. The van der Waals surface area contributed by atoms with E-state index >= 15 is 0 Å². The molecule has 2 N–H and O–H groups in total. The van der Waals surface area contributed by atoms with Crippen molar-refractivity contribution in [3.05, 3.63) is 47.4 Å². The lowest BCUT2D eigenvalue weighted by Gasteiger charge is -2.16. The van der Waals surface area contributed by atoms with Gasteiger partial charge in [-0.05, 0) is 31.7 Å². The summed E-state index contributed by atoms with van der Waals surface area (Å²) < 4.78 is 5.15. The molecule has 0 atom stereocenters. The molecular weight excluding hydrogens is 252 g/mol. The molecule has 0 aliphatic rings. The summed E-state index contributed by atoms with van der Waals surface area (Å²) in [6.45, 7) is 3.41. The van der Waals surface area contributed by atoms with Gasteiger partial charge in [-0.15, -0.1) is 0 Å². The molecule has 2 aromatic rings. The van der Waals surface area contributed by atoms with E-state index in [0.717, 1.165) is 23.8 Å². The summed E-state index contributed by atoms with van der Waals surface area (Å²) in [4.78, 5) is 10.8. The zero-order valence-corrected chi connectivity index (χ0v) is 12.1. The monoisotopic (exact) mass is 272 g/mol. The van der Waals surface area contributed by atoms with Crippen LogP contribution in [0.4, 0.5) is 5.82 Å². The van der Waals surface area contributed by atoms with Gasteiger partial charge in [-0.2, -0.15) is 0 Å². The fourth-order valence-electron chi connectivity index (χ4n) is 2.07. The first-order valence-corrected chi connectivity index (χ1v) is 6.48. The molecule has 0 saturated carbocycles. The third kappa shape index (κ3) is 3.93. The maximum absolute atomic E-state index is 5.74. The first kappa shape index (κ1) is 14.3. The van der Waals surface area contributed by atoms with Gasteiger partial charge in [0.15, 0.2) is 0 Å². The van der Waals surface area contributed by atoms with E-state index < -0.39 is 0 Å². The van der Waals surface area contributed by atoms with E-state index in [1.807, 2.05) is 26.1 Å². The van der Waals surface area contributed by atoms with Crippen molar-refractivity contribution in [2.45, 2.75) is 20.0 Å². The van der Waals surface area contributed by atoms with Crippen LogP contribution in [0.1, 0.15) is 17.1 Å². The van der Waals surface area contributed by atoms with Crippen molar-refractivity contribution in [3.8, 4) is 5.75 Å². The van der Waals surface area contributed by atoms with Crippen LogP contribution in [0.2, 0.25) is 0 Å². The minimum Gasteiger partial charge on any atom is -0.497 e. The highest BCUT2D eigenvalue weighted by molar-refractivity contribution is 5.29. The maximum atomic E-state index is 5.74. The van der Waals surface area contributed by atoms with Gasteiger partial charge in [0.1, 0.15) is 17.4 Å². The van der Waals surface area contributed by atoms with Gasteiger partial charge in [-0.3, -0.25) is 4.90 Å². The molecule has 5 heteroatoms. The first-order chi connectivity index (χ1) is 9.56. The Bertz CT molecular complexity index is 548. The zero-order chi connectivity index (χ0) is 14.5. The molecule has 20 heavy (non-hydrogen) atoms. The Hall–Kier alpha value is -2.14. The van der Waals surface area contributed by atoms with Crippen LogP contribution in [0.5, 0.6) is 5.75 Å². The van der Waals surface area contributed by atoms with Gasteiger partial charge in [-0.1, -0.05) is 12.1 Å². The number of nitrogens with zero attached hydrogens (tertiary/aromatic N) is 3. The number of hydrogen-bond donors (Lipinski definition) is 1. The molecular formula is C15H20N4O. The summed E-state index contributed by atoms with van der Waals surface area (Å²) in [5.74, 6) is 2.13. The van der Waals surface area contributed by atoms with Crippen molar-refractivity contribution in [3.63, 3.8) is 0 Å². The van der Waals surface area contributed by atoms with E-state index in [2.05, 4.69) is 27.0 Å². The molecule has 1 heterocycles. The Morgan fingerprint density at radius 3 is 2.45 bits per heavy atom. The molecule has 0 saturated heterocycles. The Balaban J connectivity index is 1.98. The number of nitrogen functional groups attached to an aromatic ring is 1. The van der Waals surface area contributed by atoms with E-state index in [-0.39, 0.29) is 0 Å². The largest absolute Gasteiger partial charge is 0.497 e. The third-order valence-corrected chi connectivity index (χ3v) is 2.94. The highest BCUT2D eigenvalue weighted by Crippen LogP contribution is 2.13. The second-order valence-electron chi connectivity index (χ2n) is 4.87. The number of rotatable bonds is 5. The molecule has 106 valence electrons. The third-order valence-electron chi connectivity index (χ3n) is 2.94. The Labute approximate surface area is 119 Å². The average molecular weight is 272 g/mol. The smallest absolute Gasteiger partial charge is 0.144 e. The van der Waals surface area contributed by atoms with Crippen LogP contribution < -0.4 is 10.5 Å². The van der Waals surface area contributed by atoms with Crippen molar-refractivity contribution in [2.75, 3.05) is 19.9 Å². The second kappa shape index (κ2) is 6.34. The summed E-state index contributed by atoms with van der Waals surface area (Å²) in [7, 11) is 3.70. The van der Waals surface area contributed by atoms with Crippen LogP contribution in [0.25, 0.3) is 0 Å². The fraction of sp³-hybridized carbons (Fsp3) is 0.333. The summed E-state index contributed by atoms with van der Waals surface area (Å²) in [5.41, 5.74) is 7.85. The molecule has 0 fully saturated rings. The van der Waals surface area contributed by atoms with Crippen molar-refractivity contribution in [1.29, 1.82) is 0 Å². The standard InChI is InChI=1S/C15H20N4O/c1-11-8-14(16)18-15(17-11)10-19(2)9-12-4-6-13(20-3)7-5-12/h4-8H,9-10H2,1-3H3,(H2,16,17,18). The van der Waals surface area contributed by atoms with E-state index in [4.69, 9.17) is 10.5 Å². The molecule has 1 aromatic heterocycles. The minimum atomic E-state index is 0.519. The molecule has 1 aromatic carbocycles. The van der Waals surface area contributed by atoms with Crippen LogP contribution in [-0.4, -0.2) is 29.0 Å². The van der Waals surface area contributed by atoms with Gasteiger partial charge in [0.2, 0.25) is 0 Å². The van der Waals surface area contributed by atoms with Crippen molar-refractivity contribution in [1.82, 2.24) is 14.9 Å². The fourth-order valence-corrected chi connectivity index (χ4v) is 2.07. The lowest BCUT2D eigenvalue weighted by atomic mass is 10.2. The topological polar surface area (TPSA) is 64.3 Å². The minimum absolute atomic E-state index is 0.519. The summed E-state index contributed by atoms with van der Waals surface area (Å²) in [6.07, 6.45) is 0. The summed E-state index contributed by atoms with van der Waals surface area (Å²) >= 11 is 0. The molecule has 0 spiro atoms. The number of anilines is 1. The average Bonchev–Trinajstić information content (AvgIpc) is 2.38. The van der Waals surface area contributed by atoms with Crippen LogP contribution in [0, 0.1) is 6.92 Å². The number of benzene rings is 1. The van der Waals surface area contributed by atoms with Gasteiger partial charge < -0.3 is 10.5 Å². The van der Waals surface area contributed by atoms with Crippen LogP contribution in [0.3, 0.4) is 0 Å². The van der Waals surface area contributed by atoms with Crippen molar-refractivity contribution in [2.24, 2.45) is 0 Å². The Kier molecular flexibility index (Phi) is 4.53. The van der Waals surface area contributed by atoms with E-state index in [1.54, 1.807) is 13.2 Å².